The highest BCUT2D eigenvalue weighted by Crippen LogP contribution is 2.19. The molecule has 0 aliphatic rings. The Kier molecular flexibility index (Phi) is 4.90. The Labute approximate surface area is 103 Å². The van der Waals surface area contributed by atoms with Gasteiger partial charge in [0.05, 0.1) is 0 Å². The van der Waals surface area contributed by atoms with Crippen molar-refractivity contribution in [2.45, 2.75) is 33.6 Å². The minimum Gasteiger partial charge on any atom is -0.508 e. The van der Waals surface area contributed by atoms with E-state index in [0.717, 1.165) is 0 Å². The molecule has 0 amide bonds. The van der Waals surface area contributed by atoms with E-state index in [0.29, 0.717) is 11.2 Å². The molecular formula is C13H20IO+. The Morgan fingerprint density at radius 1 is 1.13 bits per heavy atom. The van der Waals surface area contributed by atoms with E-state index >= 15 is 0 Å². The normalized spacial score (nSPS) is 11.7. The minimum atomic E-state index is 0.148. The zero-order valence-corrected chi connectivity index (χ0v) is 11.9. The lowest BCUT2D eigenvalue weighted by molar-refractivity contribution is -0.627. The molecule has 0 aromatic heterocycles. The number of hydrogen-bond donors (Lipinski definition) is 1. The number of benzene rings is 1. The second kappa shape index (κ2) is 5.73. The number of phenolic OH excluding ortho intramolecular Hbond substituents is 1. The predicted molar refractivity (Wildman–Crippen MR) is 60.4 cm³/mol. The van der Waals surface area contributed by atoms with Crippen molar-refractivity contribution >= 4 is 0 Å². The van der Waals surface area contributed by atoms with Crippen LogP contribution in [0.1, 0.15) is 33.6 Å². The van der Waals surface area contributed by atoms with Crippen LogP contribution < -0.4 is 21.2 Å². The summed E-state index contributed by atoms with van der Waals surface area (Å²) in [5.41, 5.74) is 0.471. The van der Waals surface area contributed by atoms with Crippen LogP contribution in [-0.2, 0) is 0 Å². The highest BCUT2D eigenvalue weighted by Gasteiger charge is 2.14. The van der Waals surface area contributed by atoms with E-state index < -0.39 is 0 Å². The lowest BCUT2D eigenvalue weighted by Gasteiger charge is -2.15. The third-order valence-electron chi connectivity index (χ3n) is 2.14. The van der Waals surface area contributed by atoms with Crippen LogP contribution in [0, 0.1) is 8.99 Å². The first kappa shape index (κ1) is 12.8. The minimum absolute atomic E-state index is 0.148. The number of hydrogen-bond acceptors (Lipinski definition) is 1. The van der Waals surface area contributed by atoms with Gasteiger partial charge < -0.3 is 5.11 Å². The smallest absolute Gasteiger partial charge is 0.313 e. The average molecular weight is 319 g/mol. The molecule has 1 nitrogen and oxygen atoms in total. The summed E-state index contributed by atoms with van der Waals surface area (Å²) in [5.74, 6) is 0.373. The van der Waals surface area contributed by atoms with Gasteiger partial charge in [-0.3, -0.25) is 0 Å². The van der Waals surface area contributed by atoms with E-state index in [1.165, 1.54) is 20.8 Å². The van der Waals surface area contributed by atoms with Gasteiger partial charge in [-0.25, -0.2) is 0 Å². The van der Waals surface area contributed by atoms with Crippen molar-refractivity contribution < 1.29 is 26.3 Å². The van der Waals surface area contributed by atoms with Gasteiger partial charge in [-0.1, -0.05) is 20.8 Å². The van der Waals surface area contributed by atoms with E-state index in [1.807, 2.05) is 0 Å². The van der Waals surface area contributed by atoms with Crippen molar-refractivity contribution in [3.05, 3.63) is 27.8 Å². The van der Waals surface area contributed by atoms with Crippen molar-refractivity contribution in [2.75, 3.05) is 4.43 Å². The molecule has 0 aliphatic carbocycles. The maximum Gasteiger partial charge on any atom is 0.313 e. The van der Waals surface area contributed by atoms with Crippen LogP contribution in [0.25, 0.3) is 0 Å². The number of alkyl halides is 1. The molecule has 1 aromatic rings. The quantitative estimate of drug-likeness (QED) is 0.486. The molecule has 0 fully saturated rings. The summed E-state index contributed by atoms with van der Waals surface area (Å²) in [4.78, 5) is 0. The topological polar surface area (TPSA) is 20.2 Å². The number of halogens is 1. The molecule has 0 radical (unpaired) electrons. The third kappa shape index (κ3) is 6.03. The molecule has 15 heavy (non-hydrogen) atoms. The molecule has 0 unspecified atom stereocenters. The van der Waals surface area contributed by atoms with E-state index in [4.69, 9.17) is 5.11 Å². The highest BCUT2D eigenvalue weighted by atomic mass is 127. The summed E-state index contributed by atoms with van der Waals surface area (Å²) >= 11 is 0.148. The van der Waals surface area contributed by atoms with Crippen LogP contribution in [0.2, 0.25) is 0 Å². The molecule has 1 N–H and O–H groups in total. The first-order valence-electron chi connectivity index (χ1n) is 5.35. The van der Waals surface area contributed by atoms with E-state index in [9.17, 15) is 0 Å². The molecule has 2 heteroatoms. The van der Waals surface area contributed by atoms with Gasteiger partial charge in [0, 0.05) is 0 Å². The Morgan fingerprint density at radius 3 is 2.27 bits per heavy atom. The first-order chi connectivity index (χ1) is 6.97. The Hall–Kier alpha value is -0.250. The SMILES string of the molecule is CC(C)(C)CCC[I+]c1ccc(O)cc1. The van der Waals surface area contributed by atoms with E-state index in [2.05, 4.69) is 32.9 Å². The van der Waals surface area contributed by atoms with Gasteiger partial charge in [0.2, 0.25) is 0 Å². The summed E-state index contributed by atoms with van der Waals surface area (Å²) in [6.07, 6.45) is 2.64. The average Bonchev–Trinajstić information content (AvgIpc) is 2.14. The largest absolute Gasteiger partial charge is 0.508 e. The van der Waals surface area contributed by atoms with Crippen LogP contribution in [0.3, 0.4) is 0 Å². The fourth-order valence-electron chi connectivity index (χ4n) is 1.30. The molecule has 0 saturated heterocycles. The standard InChI is InChI=1S/C13H19IO/c1-13(2,3)9-4-10-14-11-5-7-12(15)8-6-11/h5-8H,4,9-10H2,1-3H3/p+1. The number of phenols is 1. The maximum absolute atomic E-state index is 9.15. The summed E-state index contributed by atoms with van der Waals surface area (Å²) in [6, 6.07) is 7.69. The van der Waals surface area contributed by atoms with Crippen LogP contribution in [0.5, 0.6) is 5.75 Å². The highest BCUT2D eigenvalue weighted by molar-refractivity contribution is 5.18. The van der Waals surface area contributed by atoms with Gasteiger partial charge >= 0.3 is 21.2 Å². The van der Waals surface area contributed by atoms with Gasteiger partial charge in [0.25, 0.3) is 0 Å². The van der Waals surface area contributed by atoms with Crippen molar-refractivity contribution in [3.8, 4) is 5.75 Å². The van der Waals surface area contributed by atoms with Crippen molar-refractivity contribution in [1.82, 2.24) is 0 Å². The molecule has 0 bridgehead atoms. The molecular weight excluding hydrogens is 299 g/mol. The molecule has 0 atom stereocenters. The van der Waals surface area contributed by atoms with Gasteiger partial charge in [0.1, 0.15) is 10.2 Å². The van der Waals surface area contributed by atoms with Gasteiger partial charge in [-0.15, -0.1) is 0 Å². The van der Waals surface area contributed by atoms with Crippen molar-refractivity contribution in [3.63, 3.8) is 0 Å². The molecule has 0 aliphatic heterocycles. The Balaban J connectivity index is 2.23. The number of aromatic hydroxyl groups is 1. The van der Waals surface area contributed by atoms with Gasteiger partial charge in [-0.05, 0) is 42.5 Å². The lowest BCUT2D eigenvalue weighted by Crippen LogP contribution is -3.62. The zero-order valence-electron chi connectivity index (χ0n) is 9.76. The summed E-state index contributed by atoms with van der Waals surface area (Å²) in [7, 11) is 0. The molecule has 1 aromatic carbocycles. The predicted octanol–water partition coefficient (Wildman–Crippen LogP) is 0.477. The van der Waals surface area contributed by atoms with Crippen LogP contribution in [0.4, 0.5) is 0 Å². The van der Waals surface area contributed by atoms with E-state index in [1.54, 1.807) is 12.1 Å². The van der Waals surface area contributed by atoms with Crippen molar-refractivity contribution in [1.29, 1.82) is 0 Å². The van der Waals surface area contributed by atoms with Crippen LogP contribution >= 0.6 is 0 Å². The molecule has 0 spiro atoms. The second-order valence-corrected chi connectivity index (χ2v) is 8.05. The third-order valence-corrected chi connectivity index (χ3v) is 5.04. The van der Waals surface area contributed by atoms with Crippen molar-refractivity contribution in [2.24, 2.45) is 5.41 Å². The van der Waals surface area contributed by atoms with Crippen LogP contribution in [0.15, 0.2) is 24.3 Å². The number of rotatable bonds is 4. The Bertz CT molecular complexity index is 284. The lowest BCUT2D eigenvalue weighted by atomic mass is 9.91. The molecule has 0 heterocycles. The second-order valence-electron chi connectivity index (χ2n) is 4.96. The van der Waals surface area contributed by atoms with Crippen LogP contribution in [-0.4, -0.2) is 9.53 Å². The summed E-state index contributed by atoms with van der Waals surface area (Å²) in [5, 5.41) is 9.15. The van der Waals surface area contributed by atoms with E-state index in [-0.39, 0.29) is 21.2 Å². The monoisotopic (exact) mass is 319 g/mol. The zero-order chi connectivity index (χ0) is 11.3. The first-order valence-corrected chi connectivity index (χ1v) is 7.96. The summed E-state index contributed by atoms with van der Waals surface area (Å²) in [6.45, 7) is 6.89. The molecule has 1 rings (SSSR count). The summed E-state index contributed by atoms with van der Waals surface area (Å²) < 4.78 is 2.78. The maximum atomic E-state index is 9.15. The van der Waals surface area contributed by atoms with Gasteiger partial charge in [-0.2, -0.15) is 0 Å². The fraction of sp³-hybridized carbons (Fsp3) is 0.538. The Morgan fingerprint density at radius 2 is 1.73 bits per heavy atom. The molecule has 0 saturated carbocycles. The fourth-order valence-corrected chi connectivity index (χ4v) is 3.56. The molecule has 84 valence electrons. The van der Waals surface area contributed by atoms with Gasteiger partial charge in [0.15, 0.2) is 3.57 Å².